The van der Waals surface area contributed by atoms with Crippen LogP contribution in [0.5, 0.6) is 0 Å². The molecule has 3 rings (SSSR count). The molecule has 0 aliphatic rings. The van der Waals surface area contributed by atoms with Gasteiger partial charge in [0, 0.05) is 35.7 Å². The van der Waals surface area contributed by atoms with E-state index < -0.39 is 28.0 Å². The molecule has 0 atom stereocenters. The molecule has 0 aromatic heterocycles. The summed E-state index contributed by atoms with van der Waals surface area (Å²) in [5, 5.41) is 46.8. The fraction of sp³-hybridized carbons (Fsp3) is 0.364. The van der Waals surface area contributed by atoms with Crippen LogP contribution in [0, 0.1) is 66.6 Å². The van der Waals surface area contributed by atoms with Crippen molar-refractivity contribution < 1.29 is 25.5 Å². The van der Waals surface area contributed by atoms with Gasteiger partial charge in [-0.05, 0) is 158 Å². The zero-order chi connectivity index (χ0) is 40.6. The van der Waals surface area contributed by atoms with Gasteiger partial charge in [-0.1, -0.05) is 85.1 Å². The highest BCUT2D eigenvalue weighted by Gasteiger charge is 2.10. The highest BCUT2D eigenvalue weighted by Crippen LogP contribution is 2.21. The average Bonchev–Trinajstić information content (AvgIpc) is 2.99. The maximum absolute atomic E-state index is 9.63. The SMILES string of the molecule is Brc1ccc(Br)cc1.C#CC(C)(C)O.CC(C)(O)C#Cc1ccc(C#CC(C)(C)O)cc1.Cc1cc(C#CC(C)(C)O)c(Br)cc1C#CC(C)(C)O. The predicted octanol–water partition coefficient (Wildman–Crippen LogP) is 8.54. The number of hydrogen-bond acceptors (Lipinski definition) is 5. The van der Waals surface area contributed by atoms with Crippen molar-refractivity contribution in [3.05, 3.63) is 102 Å². The van der Waals surface area contributed by atoms with Crippen molar-refractivity contribution in [3.8, 4) is 59.7 Å². The van der Waals surface area contributed by atoms with Gasteiger partial charge in [0.25, 0.3) is 0 Å². The first-order valence-electron chi connectivity index (χ1n) is 16.0. The summed E-state index contributed by atoms with van der Waals surface area (Å²) in [5.74, 6) is 24.9. The Hall–Kier alpha value is -3.30. The lowest BCUT2D eigenvalue weighted by molar-refractivity contribution is 0.143. The van der Waals surface area contributed by atoms with E-state index in [2.05, 4.69) is 101 Å². The molecule has 52 heavy (non-hydrogen) atoms. The lowest BCUT2D eigenvalue weighted by Crippen LogP contribution is -2.14. The Morgan fingerprint density at radius 2 is 0.750 bits per heavy atom. The Balaban J connectivity index is 0.000000737. The maximum Gasteiger partial charge on any atom is 0.120 e. The Morgan fingerprint density at radius 1 is 0.462 bits per heavy atom. The summed E-state index contributed by atoms with van der Waals surface area (Å²) in [5.41, 5.74) is -0.669. The molecule has 0 spiro atoms. The molecule has 0 radical (unpaired) electrons. The standard InChI is InChI=1S/C17H19BrO2.C16H18O2.C6H4Br2.C5H8O/c1-12-10-14(7-9-17(4,5)20)15(18)11-13(12)6-8-16(2,3)19;1-15(2,17)11-9-13-5-7-14(8-6-13)10-12-16(3,4)18;7-5-1-2-6(8)4-3-5;1-4-5(2,3)6/h10-11,19-20H,1-5H3;5-8,17-18H,1-4H3;1-4H;1,6H,2-3H3. The molecule has 0 fully saturated rings. The van der Waals surface area contributed by atoms with Gasteiger partial charge in [0.05, 0.1) is 0 Å². The van der Waals surface area contributed by atoms with Gasteiger partial charge >= 0.3 is 0 Å². The van der Waals surface area contributed by atoms with Crippen molar-refractivity contribution in [2.24, 2.45) is 0 Å². The van der Waals surface area contributed by atoms with Crippen LogP contribution in [0.4, 0.5) is 0 Å². The zero-order valence-corrected chi connectivity index (χ0v) is 36.5. The average molecular weight is 898 g/mol. The van der Waals surface area contributed by atoms with Crippen molar-refractivity contribution >= 4 is 47.8 Å². The van der Waals surface area contributed by atoms with Crippen LogP contribution >= 0.6 is 47.8 Å². The summed E-state index contributed by atoms with van der Waals surface area (Å²) in [6.07, 6.45) is 4.81. The minimum Gasteiger partial charge on any atom is -0.378 e. The summed E-state index contributed by atoms with van der Waals surface area (Å²) in [4.78, 5) is 0. The van der Waals surface area contributed by atoms with Crippen molar-refractivity contribution in [1.82, 2.24) is 0 Å². The van der Waals surface area contributed by atoms with E-state index in [1.165, 1.54) is 0 Å². The molecule has 0 heterocycles. The molecule has 0 amide bonds. The first-order chi connectivity index (χ1) is 23.5. The minimum atomic E-state index is -1.02. The number of aliphatic hydroxyl groups is 5. The van der Waals surface area contributed by atoms with Gasteiger partial charge < -0.3 is 25.5 Å². The van der Waals surface area contributed by atoms with E-state index in [0.717, 1.165) is 41.2 Å². The molecule has 0 saturated carbocycles. The van der Waals surface area contributed by atoms with Crippen LogP contribution in [0.15, 0.2) is 74.1 Å². The normalized spacial score (nSPS) is 10.7. The molecule has 3 aromatic carbocycles. The van der Waals surface area contributed by atoms with E-state index in [9.17, 15) is 20.4 Å². The number of aryl methyl sites for hydroxylation is 1. The van der Waals surface area contributed by atoms with Gasteiger partial charge in [-0.15, -0.1) is 6.42 Å². The van der Waals surface area contributed by atoms with E-state index in [0.29, 0.717) is 0 Å². The summed E-state index contributed by atoms with van der Waals surface area (Å²) >= 11 is 10.1. The Bertz CT molecular complexity index is 1760. The topological polar surface area (TPSA) is 101 Å². The second kappa shape index (κ2) is 21.4. The quantitative estimate of drug-likeness (QED) is 0.146. The van der Waals surface area contributed by atoms with Gasteiger partial charge in [-0.3, -0.25) is 0 Å². The Kier molecular flexibility index (Phi) is 20.1. The van der Waals surface area contributed by atoms with Gasteiger partial charge in [0.1, 0.15) is 28.0 Å². The van der Waals surface area contributed by atoms with Crippen LogP contribution in [-0.4, -0.2) is 53.5 Å². The fourth-order valence-corrected chi connectivity index (χ4v) is 3.84. The summed E-state index contributed by atoms with van der Waals surface area (Å²) < 4.78 is 3.04. The zero-order valence-electron chi connectivity index (χ0n) is 31.7. The maximum atomic E-state index is 9.63. The fourth-order valence-electron chi connectivity index (χ4n) is 2.87. The van der Waals surface area contributed by atoms with E-state index >= 15 is 0 Å². The summed E-state index contributed by atoms with van der Waals surface area (Å²) in [6.45, 7) is 18.2. The molecule has 0 saturated heterocycles. The molecule has 5 N–H and O–H groups in total. The Morgan fingerprint density at radius 3 is 1.04 bits per heavy atom. The monoisotopic (exact) mass is 894 g/mol. The smallest absolute Gasteiger partial charge is 0.120 e. The molecule has 5 nitrogen and oxygen atoms in total. The number of terminal acetylenes is 1. The molecule has 0 aliphatic carbocycles. The highest BCUT2D eigenvalue weighted by molar-refractivity contribution is 9.11. The lowest BCUT2D eigenvalue weighted by Gasteiger charge is -2.08. The van der Waals surface area contributed by atoms with Crippen molar-refractivity contribution in [3.63, 3.8) is 0 Å². The highest BCUT2D eigenvalue weighted by atomic mass is 79.9. The molecular weight excluding hydrogens is 848 g/mol. The first-order valence-corrected chi connectivity index (χ1v) is 18.4. The van der Waals surface area contributed by atoms with Crippen LogP contribution in [-0.2, 0) is 0 Å². The van der Waals surface area contributed by atoms with E-state index in [4.69, 9.17) is 11.5 Å². The van der Waals surface area contributed by atoms with E-state index in [1.807, 2.05) is 67.6 Å². The van der Waals surface area contributed by atoms with Crippen LogP contribution in [0.1, 0.15) is 97.1 Å². The van der Waals surface area contributed by atoms with Gasteiger partial charge in [0.15, 0.2) is 0 Å². The number of benzene rings is 3. The molecular formula is C44H49Br3O5. The van der Waals surface area contributed by atoms with Crippen LogP contribution in [0.3, 0.4) is 0 Å². The minimum absolute atomic E-state index is 0.804. The van der Waals surface area contributed by atoms with Gasteiger partial charge in [-0.25, -0.2) is 0 Å². The van der Waals surface area contributed by atoms with E-state index in [1.54, 1.807) is 69.2 Å². The Labute approximate surface area is 337 Å². The van der Waals surface area contributed by atoms with Crippen LogP contribution < -0.4 is 0 Å². The molecule has 0 aliphatic heterocycles. The lowest BCUT2D eigenvalue weighted by atomic mass is 10.0. The third kappa shape index (κ3) is 27.4. The summed E-state index contributed by atoms with van der Waals surface area (Å²) in [7, 11) is 0. The van der Waals surface area contributed by atoms with E-state index in [-0.39, 0.29) is 0 Å². The van der Waals surface area contributed by atoms with Gasteiger partial charge in [0.2, 0.25) is 0 Å². The van der Waals surface area contributed by atoms with Gasteiger partial charge in [-0.2, -0.15) is 0 Å². The largest absolute Gasteiger partial charge is 0.378 e. The predicted molar refractivity (Wildman–Crippen MR) is 225 cm³/mol. The number of halogens is 3. The van der Waals surface area contributed by atoms with Crippen molar-refractivity contribution in [1.29, 1.82) is 0 Å². The molecule has 0 bridgehead atoms. The summed E-state index contributed by atoms with van der Waals surface area (Å²) in [6, 6.07) is 19.1. The van der Waals surface area contributed by atoms with Crippen LogP contribution in [0.25, 0.3) is 0 Å². The second-order valence-electron chi connectivity index (χ2n) is 14.1. The van der Waals surface area contributed by atoms with Crippen molar-refractivity contribution in [2.75, 3.05) is 0 Å². The molecule has 3 aromatic rings. The van der Waals surface area contributed by atoms with Crippen molar-refractivity contribution in [2.45, 2.75) is 104 Å². The number of hydrogen-bond donors (Lipinski definition) is 5. The molecule has 0 unspecified atom stereocenters. The van der Waals surface area contributed by atoms with Crippen LogP contribution in [0.2, 0.25) is 0 Å². The molecule has 8 heteroatoms. The second-order valence-corrected chi connectivity index (χ2v) is 16.8. The third-order valence-electron chi connectivity index (χ3n) is 5.39. The molecule has 276 valence electrons. The number of rotatable bonds is 0. The first kappa shape index (κ1) is 48.7. The third-order valence-corrected chi connectivity index (χ3v) is 7.10.